The van der Waals surface area contributed by atoms with Crippen molar-refractivity contribution in [3.63, 3.8) is 0 Å². The molecular formula is C28H28N6S2. The van der Waals surface area contributed by atoms with Gasteiger partial charge in [0.2, 0.25) is 0 Å². The summed E-state index contributed by atoms with van der Waals surface area (Å²) in [6.07, 6.45) is 6.60. The minimum Gasteiger partial charge on any atom is -0.343 e. The zero-order valence-electron chi connectivity index (χ0n) is 20.4. The fourth-order valence-electron chi connectivity index (χ4n) is 3.84. The van der Waals surface area contributed by atoms with Crippen molar-refractivity contribution in [2.75, 3.05) is 18.1 Å². The Labute approximate surface area is 222 Å². The lowest BCUT2D eigenvalue weighted by molar-refractivity contribution is 0.413. The maximum Gasteiger partial charge on any atom is 0.173 e. The van der Waals surface area contributed by atoms with Crippen molar-refractivity contribution in [3.8, 4) is 6.07 Å². The van der Waals surface area contributed by atoms with Crippen LogP contribution in [0.1, 0.15) is 28.2 Å². The first-order chi connectivity index (χ1) is 17.5. The largest absolute Gasteiger partial charge is 0.343 e. The number of nitrogens with zero attached hydrogens (tertiary/aromatic N) is 5. The summed E-state index contributed by atoms with van der Waals surface area (Å²) >= 11 is 7.55. The van der Waals surface area contributed by atoms with E-state index in [2.05, 4.69) is 49.2 Å². The Morgan fingerprint density at radius 2 is 1.89 bits per heavy atom. The summed E-state index contributed by atoms with van der Waals surface area (Å²) in [5.41, 5.74) is 5.83. The van der Waals surface area contributed by atoms with Gasteiger partial charge in [0.15, 0.2) is 5.11 Å². The molecule has 0 amide bonds. The third kappa shape index (κ3) is 6.94. The first kappa shape index (κ1) is 25.4. The highest BCUT2D eigenvalue weighted by Crippen LogP contribution is 2.18. The maximum absolute atomic E-state index is 9.04. The molecule has 182 valence electrons. The minimum atomic E-state index is 0.611. The molecular weight excluding hydrogens is 484 g/mol. The van der Waals surface area contributed by atoms with Crippen LogP contribution in [-0.2, 0) is 19.5 Å². The van der Waals surface area contributed by atoms with E-state index in [-0.39, 0.29) is 0 Å². The summed E-state index contributed by atoms with van der Waals surface area (Å²) in [4.78, 5) is 12.4. The molecule has 0 fully saturated rings. The summed E-state index contributed by atoms with van der Waals surface area (Å²) in [5.74, 6) is 0. The predicted octanol–water partition coefficient (Wildman–Crippen LogP) is 5.67. The fraction of sp³-hybridized carbons (Fsp3) is 0.214. The zero-order valence-corrected chi connectivity index (χ0v) is 22.0. The van der Waals surface area contributed by atoms with Gasteiger partial charge in [0, 0.05) is 47.7 Å². The van der Waals surface area contributed by atoms with Gasteiger partial charge in [-0.25, -0.2) is 4.98 Å². The second-order valence-electron chi connectivity index (χ2n) is 8.42. The molecule has 0 spiro atoms. The van der Waals surface area contributed by atoms with Crippen LogP contribution in [0, 0.1) is 18.3 Å². The van der Waals surface area contributed by atoms with E-state index in [4.69, 9.17) is 17.5 Å². The van der Waals surface area contributed by atoms with E-state index in [0.29, 0.717) is 30.3 Å². The number of aromatic nitrogens is 3. The van der Waals surface area contributed by atoms with Gasteiger partial charge in [0.05, 0.1) is 30.2 Å². The Kier molecular flexibility index (Phi) is 8.71. The molecule has 0 radical (unpaired) electrons. The Morgan fingerprint density at radius 3 is 2.58 bits per heavy atom. The van der Waals surface area contributed by atoms with Gasteiger partial charge in [0.1, 0.15) is 0 Å². The monoisotopic (exact) mass is 512 g/mol. The van der Waals surface area contributed by atoms with Crippen molar-refractivity contribution in [1.82, 2.24) is 19.4 Å². The Bertz CT molecular complexity index is 1340. The standard InChI is InChI=1S/C28H28N6S2/c1-21-4-3-5-25(31-21)19-33(28(35)32-24-10-12-27(36-2)13-11-24)15-14-26-17-30-20-34(26)18-23-8-6-22(16-29)7-9-23/h3-13,17,20H,14-15,18-19H2,1-2H3,(H,32,35). The summed E-state index contributed by atoms with van der Waals surface area (Å²) in [6, 6.07) is 24.2. The van der Waals surface area contributed by atoms with Gasteiger partial charge in [-0.15, -0.1) is 11.8 Å². The van der Waals surface area contributed by atoms with E-state index in [9.17, 15) is 0 Å². The SMILES string of the molecule is CSc1ccc(NC(=S)N(CCc2cncn2Cc2ccc(C#N)cc2)Cc2cccc(C)n2)cc1. The molecule has 8 heteroatoms. The molecule has 0 aliphatic heterocycles. The van der Waals surface area contributed by atoms with Crippen LogP contribution in [0.2, 0.25) is 0 Å². The Balaban J connectivity index is 1.47. The molecule has 36 heavy (non-hydrogen) atoms. The van der Waals surface area contributed by atoms with Gasteiger partial charge in [-0.3, -0.25) is 4.98 Å². The molecule has 0 saturated carbocycles. The van der Waals surface area contributed by atoms with Gasteiger partial charge in [0.25, 0.3) is 0 Å². The smallest absolute Gasteiger partial charge is 0.173 e. The molecule has 2 heterocycles. The number of nitriles is 1. The van der Waals surface area contributed by atoms with E-state index < -0.39 is 0 Å². The number of thiocarbonyl (C=S) groups is 1. The molecule has 2 aromatic heterocycles. The van der Waals surface area contributed by atoms with Crippen LogP contribution in [0.4, 0.5) is 5.69 Å². The summed E-state index contributed by atoms with van der Waals surface area (Å²) < 4.78 is 2.14. The highest BCUT2D eigenvalue weighted by molar-refractivity contribution is 7.98. The number of thioether (sulfide) groups is 1. The molecule has 4 aromatic rings. The van der Waals surface area contributed by atoms with Gasteiger partial charge in [-0.05, 0) is 79.5 Å². The summed E-state index contributed by atoms with van der Waals surface area (Å²) in [6.45, 7) is 4.02. The number of imidazole rings is 1. The van der Waals surface area contributed by atoms with Crippen molar-refractivity contribution in [2.45, 2.75) is 31.3 Å². The number of rotatable bonds is 9. The predicted molar refractivity (Wildman–Crippen MR) is 150 cm³/mol. The highest BCUT2D eigenvalue weighted by Gasteiger charge is 2.14. The number of nitrogens with one attached hydrogen (secondary N) is 1. The van der Waals surface area contributed by atoms with E-state index >= 15 is 0 Å². The lowest BCUT2D eigenvalue weighted by atomic mass is 10.1. The van der Waals surface area contributed by atoms with Crippen molar-refractivity contribution in [2.24, 2.45) is 0 Å². The second kappa shape index (κ2) is 12.3. The van der Waals surface area contributed by atoms with Gasteiger partial charge >= 0.3 is 0 Å². The van der Waals surface area contributed by atoms with Crippen LogP contribution in [0.25, 0.3) is 0 Å². The fourth-order valence-corrected chi connectivity index (χ4v) is 4.52. The van der Waals surface area contributed by atoms with Crippen LogP contribution in [0.5, 0.6) is 0 Å². The van der Waals surface area contributed by atoms with Crippen LogP contribution in [0.3, 0.4) is 0 Å². The van der Waals surface area contributed by atoms with Crippen molar-refractivity contribution in [1.29, 1.82) is 5.26 Å². The third-order valence-corrected chi connectivity index (χ3v) is 6.90. The molecule has 0 aliphatic rings. The second-order valence-corrected chi connectivity index (χ2v) is 9.69. The number of benzene rings is 2. The van der Waals surface area contributed by atoms with Crippen LogP contribution >= 0.6 is 24.0 Å². The maximum atomic E-state index is 9.04. The molecule has 0 saturated heterocycles. The molecule has 0 bridgehead atoms. The number of hydrogen-bond donors (Lipinski definition) is 1. The van der Waals surface area contributed by atoms with E-state index in [1.807, 2.05) is 74.0 Å². The molecule has 6 nitrogen and oxygen atoms in total. The van der Waals surface area contributed by atoms with E-state index in [1.165, 1.54) is 4.90 Å². The van der Waals surface area contributed by atoms with Crippen LogP contribution < -0.4 is 5.32 Å². The molecule has 1 N–H and O–H groups in total. The first-order valence-corrected chi connectivity index (χ1v) is 13.3. The number of aryl methyl sites for hydroxylation is 1. The van der Waals surface area contributed by atoms with Crippen molar-refractivity contribution in [3.05, 3.63) is 107 Å². The average molecular weight is 513 g/mol. The minimum absolute atomic E-state index is 0.611. The average Bonchev–Trinajstić information content (AvgIpc) is 3.34. The van der Waals surface area contributed by atoms with Crippen LogP contribution in [0.15, 0.2) is 84.1 Å². The van der Waals surface area contributed by atoms with Crippen molar-refractivity contribution >= 4 is 34.8 Å². The normalized spacial score (nSPS) is 10.6. The van der Waals surface area contributed by atoms with Crippen LogP contribution in [-0.4, -0.2) is 37.3 Å². The van der Waals surface area contributed by atoms with E-state index in [1.54, 1.807) is 11.8 Å². The highest BCUT2D eigenvalue weighted by atomic mass is 32.2. The molecule has 0 unspecified atom stereocenters. The Morgan fingerprint density at radius 1 is 1.11 bits per heavy atom. The Hall–Kier alpha value is -3.67. The number of pyridine rings is 1. The lowest BCUT2D eigenvalue weighted by Crippen LogP contribution is -2.36. The van der Waals surface area contributed by atoms with E-state index in [0.717, 1.165) is 34.8 Å². The lowest BCUT2D eigenvalue weighted by Gasteiger charge is -2.26. The van der Waals surface area contributed by atoms with Gasteiger partial charge in [-0.1, -0.05) is 18.2 Å². The quantitative estimate of drug-likeness (QED) is 0.229. The third-order valence-electron chi connectivity index (χ3n) is 5.80. The molecule has 0 atom stereocenters. The summed E-state index contributed by atoms with van der Waals surface area (Å²) in [7, 11) is 0. The van der Waals surface area contributed by atoms with Crippen molar-refractivity contribution < 1.29 is 0 Å². The molecule has 4 rings (SSSR count). The summed E-state index contributed by atoms with van der Waals surface area (Å²) in [5, 5.41) is 13.1. The first-order valence-electron chi connectivity index (χ1n) is 11.6. The topological polar surface area (TPSA) is 69.8 Å². The number of anilines is 1. The molecule has 2 aromatic carbocycles. The zero-order chi connectivity index (χ0) is 25.3. The van der Waals surface area contributed by atoms with Gasteiger partial charge < -0.3 is 14.8 Å². The van der Waals surface area contributed by atoms with Gasteiger partial charge in [-0.2, -0.15) is 5.26 Å². The molecule has 0 aliphatic carbocycles. The number of hydrogen-bond acceptors (Lipinski definition) is 5.